The molecule has 3 rings (SSSR count). The van der Waals surface area contributed by atoms with Crippen molar-refractivity contribution in [1.29, 1.82) is 0 Å². The van der Waals surface area contributed by atoms with Crippen molar-refractivity contribution in [3.05, 3.63) is 41.2 Å². The van der Waals surface area contributed by atoms with Crippen LogP contribution in [0.3, 0.4) is 0 Å². The van der Waals surface area contributed by atoms with E-state index >= 15 is 0 Å². The van der Waals surface area contributed by atoms with Crippen molar-refractivity contribution in [2.45, 2.75) is 165 Å². The van der Waals surface area contributed by atoms with Gasteiger partial charge in [-0.3, -0.25) is 14.4 Å². The van der Waals surface area contributed by atoms with Crippen LogP contribution >= 0.6 is 0 Å². The van der Waals surface area contributed by atoms with Gasteiger partial charge in [-0.15, -0.1) is 0 Å². The lowest BCUT2D eigenvalue weighted by Crippen LogP contribution is -2.59. The van der Waals surface area contributed by atoms with Crippen LogP contribution in [0.2, 0.25) is 0 Å². The van der Waals surface area contributed by atoms with Crippen molar-refractivity contribution in [3.63, 3.8) is 0 Å². The van der Waals surface area contributed by atoms with Crippen LogP contribution in [-0.4, -0.2) is 109 Å². The van der Waals surface area contributed by atoms with Gasteiger partial charge in [0.25, 0.3) is 5.91 Å². The van der Waals surface area contributed by atoms with Gasteiger partial charge >= 0.3 is 0 Å². The predicted molar refractivity (Wildman–Crippen MR) is 197 cm³/mol. The van der Waals surface area contributed by atoms with Crippen LogP contribution in [0.25, 0.3) is 0 Å². The number of amides is 1. The van der Waals surface area contributed by atoms with Crippen molar-refractivity contribution < 1.29 is 59.6 Å². The molecule has 0 aromatic heterocycles. The molecule has 8 N–H and O–H groups in total. The average molecular weight is 750 g/mol. The predicted octanol–water partition coefficient (Wildman–Crippen LogP) is 3.83. The second-order valence-corrected chi connectivity index (χ2v) is 14.8. The van der Waals surface area contributed by atoms with E-state index in [1.54, 1.807) is 12.1 Å². The summed E-state index contributed by atoms with van der Waals surface area (Å²) in [5.74, 6) is -0.934. The number of benzene rings is 1. The van der Waals surface area contributed by atoms with E-state index in [9.17, 15) is 50.1 Å². The Morgan fingerprint density at radius 3 is 1.94 bits per heavy atom. The highest BCUT2D eigenvalue weighted by molar-refractivity contribution is 6.27. The third-order valence-electron chi connectivity index (χ3n) is 10.3. The Kier molecular flexibility index (Phi) is 20.0. The van der Waals surface area contributed by atoms with Gasteiger partial charge in [0.15, 0.2) is 12.1 Å². The van der Waals surface area contributed by atoms with Crippen LogP contribution in [0, 0.1) is 5.92 Å². The van der Waals surface area contributed by atoms with Gasteiger partial charge in [-0.25, -0.2) is 0 Å². The Balaban J connectivity index is 1.12. The van der Waals surface area contributed by atoms with Gasteiger partial charge in [-0.1, -0.05) is 89.7 Å². The second-order valence-electron chi connectivity index (χ2n) is 14.8. The average Bonchev–Trinajstić information content (AvgIpc) is 3.42. The van der Waals surface area contributed by atoms with E-state index in [0.29, 0.717) is 37.9 Å². The molecule has 2 fully saturated rings. The molecular weight excluding hydrogens is 686 g/mol. The number of ketones is 2. The molecule has 13 heteroatoms. The summed E-state index contributed by atoms with van der Waals surface area (Å²) < 4.78 is 10.7. The number of aromatic hydroxyl groups is 1. The number of phenolic OH excluding ortho intramolecular Hbond substituents is 1. The smallest absolute Gasteiger partial charge is 0.259 e. The summed E-state index contributed by atoms with van der Waals surface area (Å²) in [4.78, 5) is 37.7. The van der Waals surface area contributed by atoms with E-state index in [0.717, 1.165) is 89.0 Å². The largest absolute Gasteiger partial charge is 0.511 e. The zero-order valence-electron chi connectivity index (χ0n) is 31.2. The van der Waals surface area contributed by atoms with Crippen molar-refractivity contribution in [2.75, 3.05) is 13.2 Å². The first kappa shape index (κ1) is 44.5. The number of rotatable bonds is 26. The number of hydrogen-bond donors (Lipinski definition) is 8. The number of carbonyl (C=O) groups excluding carboxylic acids is 3. The van der Waals surface area contributed by atoms with Gasteiger partial charge in [-0.05, 0) is 43.4 Å². The molecule has 1 aromatic carbocycles. The van der Waals surface area contributed by atoms with Crippen molar-refractivity contribution in [1.82, 2.24) is 5.32 Å². The molecule has 2 heterocycles. The Morgan fingerprint density at radius 1 is 0.811 bits per heavy atom. The SMILES string of the molecule is C[C@@H](CCCCCCCCC(=O)CCCCCCCCC[C@H](O)CO[C@@H]1O[C@H](CO)[C@@H](O)[C@H](O)[C@@H]1O)C(O)=C1C(=O)N[C@H](Cc2ccc(O)cc2)C1=O. The monoisotopic (exact) mass is 749 g/mol. The Bertz CT molecular complexity index is 1280. The highest BCUT2D eigenvalue weighted by Gasteiger charge is 2.44. The van der Waals surface area contributed by atoms with Crippen LogP contribution in [-0.2, 0) is 30.3 Å². The van der Waals surface area contributed by atoms with E-state index in [1.165, 1.54) is 12.1 Å². The van der Waals surface area contributed by atoms with Crippen LogP contribution in [0.5, 0.6) is 5.75 Å². The van der Waals surface area contributed by atoms with Gasteiger partial charge in [0.05, 0.1) is 25.4 Å². The minimum absolute atomic E-state index is 0.0957. The lowest BCUT2D eigenvalue weighted by atomic mass is 9.94. The lowest BCUT2D eigenvalue weighted by molar-refractivity contribution is -0.304. The number of aliphatic hydroxyl groups excluding tert-OH is 6. The lowest BCUT2D eigenvalue weighted by Gasteiger charge is -2.39. The molecule has 0 saturated carbocycles. The molecule has 0 unspecified atom stereocenters. The first-order valence-electron chi connectivity index (χ1n) is 19.6. The normalized spacial score (nSPS) is 25.3. The summed E-state index contributed by atoms with van der Waals surface area (Å²) in [6.45, 7) is 1.20. The molecule has 0 aliphatic carbocycles. The maximum atomic E-state index is 12.9. The molecule has 0 bridgehead atoms. The van der Waals surface area contributed by atoms with Crippen LogP contribution in [0.1, 0.15) is 122 Å². The summed E-state index contributed by atoms with van der Waals surface area (Å²) in [7, 11) is 0. The maximum absolute atomic E-state index is 12.9. The molecular formula is C40H63NO12. The molecule has 53 heavy (non-hydrogen) atoms. The number of allylic oxidation sites excluding steroid dienone is 1. The van der Waals surface area contributed by atoms with Crippen molar-refractivity contribution in [2.24, 2.45) is 5.92 Å². The minimum Gasteiger partial charge on any atom is -0.511 e. The van der Waals surface area contributed by atoms with Gasteiger partial charge < -0.3 is 50.5 Å². The zero-order valence-corrected chi connectivity index (χ0v) is 31.2. The van der Waals surface area contributed by atoms with Crippen molar-refractivity contribution in [3.8, 4) is 5.75 Å². The minimum atomic E-state index is -1.51. The highest BCUT2D eigenvalue weighted by Crippen LogP contribution is 2.26. The summed E-state index contributed by atoms with van der Waals surface area (Å²) in [5, 5.41) is 72.0. The molecule has 2 aliphatic rings. The third-order valence-corrected chi connectivity index (χ3v) is 10.3. The molecule has 0 spiro atoms. The molecule has 2 saturated heterocycles. The van der Waals surface area contributed by atoms with Gasteiger partial charge in [-0.2, -0.15) is 0 Å². The van der Waals surface area contributed by atoms with E-state index in [-0.39, 0.29) is 29.6 Å². The Labute approximate surface area is 313 Å². The van der Waals surface area contributed by atoms with E-state index in [2.05, 4.69) is 5.32 Å². The number of nitrogens with one attached hydrogen (secondary N) is 1. The first-order valence-corrected chi connectivity index (χ1v) is 19.6. The summed E-state index contributed by atoms with van der Waals surface area (Å²) in [6.07, 6.45) is 7.90. The maximum Gasteiger partial charge on any atom is 0.259 e. The Morgan fingerprint density at radius 2 is 1.36 bits per heavy atom. The van der Waals surface area contributed by atoms with Crippen molar-refractivity contribution >= 4 is 17.5 Å². The van der Waals surface area contributed by atoms with Crippen LogP contribution in [0.4, 0.5) is 0 Å². The van der Waals surface area contributed by atoms with Gasteiger partial charge in [0.1, 0.15) is 47.3 Å². The molecule has 1 aromatic rings. The number of phenols is 1. The topological polar surface area (TPSA) is 223 Å². The standard InChI is InChI=1S/C40H63NO12/c1-26(34(46)33-35(47)31(41-39(33)51)23-27-19-21-29(44)22-20-27)15-11-7-5-6-9-13-17-28(43)16-12-8-3-2-4-10-14-18-30(45)25-52-40-38(50)37(49)36(48)32(24-42)53-40/h19-22,26,30-32,36-38,40,42,44-46,48-50H,2-18,23-25H2,1H3,(H,41,51)/t26-,30-,31+,32+,36+,37-,38-,40+/m0/s1. The number of hydrogen-bond acceptors (Lipinski definition) is 12. The molecule has 0 radical (unpaired) electrons. The molecule has 13 nitrogen and oxygen atoms in total. The fourth-order valence-electron chi connectivity index (χ4n) is 6.90. The summed E-state index contributed by atoms with van der Waals surface area (Å²) >= 11 is 0. The van der Waals surface area contributed by atoms with E-state index < -0.39 is 61.1 Å². The quantitative estimate of drug-likeness (QED) is 0.0293. The van der Waals surface area contributed by atoms with E-state index in [4.69, 9.17) is 9.47 Å². The van der Waals surface area contributed by atoms with Crippen LogP contribution < -0.4 is 5.32 Å². The fourth-order valence-corrected chi connectivity index (χ4v) is 6.90. The zero-order chi connectivity index (χ0) is 38.8. The van der Waals surface area contributed by atoms with Crippen LogP contribution in [0.15, 0.2) is 35.6 Å². The Hall–Kier alpha value is -2.91. The van der Waals surface area contributed by atoms with Gasteiger partial charge in [0, 0.05) is 25.2 Å². The van der Waals surface area contributed by atoms with Gasteiger partial charge in [0.2, 0.25) is 0 Å². The third kappa shape index (κ3) is 15.0. The fraction of sp³-hybridized carbons (Fsp3) is 0.725. The number of carbonyl (C=O) groups is 3. The molecule has 8 atom stereocenters. The second kappa shape index (κ2) is 23.8. The number of Topliss-reactive ketones (excluding diaryl/α,β-unsaturated/α-hetero) is 2. The molecule has 300 valence electrons. The number of aliphatic hydroxyl groups is 6. The van der Waals surface area contributed by atoms with E-state index in [1.807, 2.05) is 6.92 Å². The first-order chi connectivity index (χ1) is 25.4. The number of unbranched alkanes of at least 4 members (excludes halogenated alkanes) is 11. The molecule has 1 amide bonds. The number of ether oxygens (including phenoxy) is 2. The molecule has 2 aliphatic heterocycles. The summed E-state index contributed by atoms with van der Waals surface area (Å²) in [5.41, 5.74) is 0.663. The highest BCUT2D eigenvalue weighted by atomic mass is 16.7. The summed E-state index contributed by atoms with van der Waals surface area (Å²) in [6, 6.07) is 5.73.